The molecule has 0 bridgehead atoms. The molecule has 1 saturated carbocycles. The molecule has 2 aliphatic heterocycles. The van der Waals surface area contributed by atoms with Gasteiger partial charge in [-0.3, -0.25) is 4.79 Å². The van der Waals surface area contributed by atoms with Crippen molar-refractivity contribution in [1.29, 1.82) is 0 Å². The van der Waals surface area contributed by atoms with Gasteiger partial charge in [0.25, 0.3) is 5.91 Å². The van der Waals surface area contributed by atoms with Crippen molar-refractivity contribution in [3.63, 3.8) is 0 Å². The van der Waals surface area contributed by atoms with E-state index in [1.165, 1.54) is 38.4 Å². The van der Waals surface area contributed by atoms with Crippen LogP contribution in [0.3, 0.4) is 0 Å². The maximum absolute atomic E-state index is 12.5. The minimum atomic E-state index is -0.232. The second-order valence-corrected chi connectivity index (χ2v) is 8.57. The van der Waals surface area contributed by atoms with Crippen LogP contribution >= 0.6 is 0 Å². The van der Waals surface area contributed by atoms with E-state index in [4.69, 9.17) is 13.9 Å². The smallest absolute Gasteiger partial charge is 0.287 e. The molecule has 29 heavy (non-hydrogen) atoms. The lowest BCUT2D eigenvalue weighted by Crippen LogP contribution is -2.44. The maximum atomic E-state index is 12.5. The molecule has 8 heteroatoms. The second kappa shape index (κ2) is 7.91. The van der Waals surface area contributed by atoms with Crippen molar-refractivity contribution in [1.82, 2.24) is 20.3 Å². The Hall–Kier alpha value is -2.19. The van der Waals surface area contributed by atoms with Gasteiger partial charge in [-0.15, -0.1) is 5.10 Å². The Kier molecular flexibility index (Phi) is 5.13. The van der Waals surface area contributed by atoms with Gasteiger partial charge in [0.1, 0.15) is 18.2 Å². The van der Waals surface area contributed by atoms with Gasteiger partial charge in [0.15, 0.2) is 5.76 Å². The lowest BCUT2D eigenvalue weighted by Gasteiger charge is -2.20. The molecule has 5 rings (SSSR count). The van der Waals surface area contributed by atoms with E-state index >= 15 is 0 Å². The molecule has 2 saturated heterocycles. The quantitative estimate of drug-likeness (QED) is 0.829. The van der Waals surface area contributed by atoms with E-state index in [-0.39, 0.29) is 30.2 Å². The number of ether oxygens (including phenoxy) is 2. The lowest BCUT2D eigenvalue weighted by atomic mass is 9.86. The highest BCUT2D eigenvalue weighted by Crippen LogP contribution is 2.34. The zero-order chi connectivity index (χ0) is 19.8. The topological polar surface area (TPSA) is 91.4 Å². The van der Waals surface area contributed by atoms with E-state index in [2.05, 4.69) is 15.6 Å². The molecule has 0 aromatic carbocycles. The summed E-state index contributed by atoms with van der Waals surface area (Å²) >= 11 is 0. The molecule has 4 heterocycles. The first kappa shape index (κ1) is 18.8. The number of carbonyl (C=O) groups excluding carboxylic acids is 1. The molecule has 3 aliphatic rings. The predicted molar refractivity (Wildman–Crippen MR) is 104 cm³/mol. The number of nitrogens with zero attached hydrogens (tertiary/aromatic N) is 3. The number of fused-ring (bicyclic) bond motifs is 1. The highest BCUT2D eigenvalue weighted by atomic mass is 16.6. The average molecular weight is 400 g/mol. The summed E-state index contributed by atoms with van der Waals surface area (Å²) in [5.41, 5.74) is 1.87. The maximum Gasteiger partial charge on any atom is 0.287 e. The van der Waals surface area contributed by atoms with E-state index in [0.29, 0.717) is 19.0 Å². The van der Waals surface area contributed by atoms with Crippen molar-refractivity contribution in [3.8, 4) is 0 Å². The lowest BCUT2D eigenvalue weighted by molar-refractivity contribution is 0.0612. The van der Waals surface area contributed by atoms with Crippen molar-refractivity contribution >= 4 is 5.91 Å². The third kappa shape index (κ3) is 3.71. The highest BCUT2D eigenvalue weighted by Gasteiger charge is 2.49. The molecule has 156 valence electrons. The van der Waals surface area contributed by atoms with Crippen LogP contribution in [0, 0.1) is 12.8 Å². The van der Waals surface area contributed by atoms with Crippen LogP contribution in [-0.4, -0.2) is 52.4 Å². The molecular formula is C21H28N4O4. The van der Waals surface area contributed by atoms with Crippen LogP contribution < -0.4 is 5.32 Å². The first-order chi connectivity index (χ1) is 14.2. The molecule has 2 aromatic heterocycles. The molecule has 4 atom stereocenters. The Morgan fingerprint density at radius 1 is 1.21 bits per heavy atom. The number of aromatic nitrogens is 3. The molecular weight excluding hydrogens is 372 g/mol. The molecule has 2 aromatic rings. The monoisotopic (exact) mass is 400 g/mol. The molecule has 0 unspecified atom stereocenters. The number of furan rings is 1. The normalized spacial score (nSPS) is 29.8. The summed E-state index contributed by atoms with van der Waals surface area (Å²) in [6.07, 6.45) is 10.9. The van der Waals surface area contributed by atoms with Crippen LogP contribution in [0.1, 0.15) is 60.0 Å². The van der Waals surface area contributed by atoms with Gasteiger partial charge in [0.2, 0.25) is 0 Å². The fraction of sp³-hybridized carbons (Fsp3) is 0.667. The van der Waals surface area contributed by atoms with Crippen LogP contribution in [0.25, 0.3) is 0 Å². The number of nitrogens with one attached hydrogen (secondary N) is 1. The molecule has 1 N–H and O–H groups in total. The van der Waals surface area contributed by atoms with Crippen LogP contribution in [0.5, 0.6) is 0 Å². The van der Waals surface area contributed by atoms with Gasteiger partial charge in [-0.2, -0.15) is 0 Å². The fourth-order valence-corrected chi connectivity index (χ4v) is 4.92. The second-order valence-electron chi connectivity index (χ2n) is 8.57. The zero-order valence-electron chi connectivity index (χ0n) is 16.8. The number of hydrogen-bond acceptors (Lipinski definition) is 6. The van der Waals surface area contributed by atoms with E-state index in [9.17, 15) is 4.79 Å². The van der Waals surface area contributed by atoms with E-state index in [0.717, 1.165) is 23.6 Å². The number of rotatable bonds is 5. The van der Waals surface area contributed by atoms with Gasteiger partial charge < -0.3 is 19.2 Å². The number of hydrogen-bond donors (Lipinski definition) is 1. The Bertz CT molecular complexity index is 856. The third-order valence-corrected chi connectivity index (χ3v) is 6.53. The van der Waals surface area contributed by atoms with Crippen LogP contribution in [-0.2, 0) is 15.9 Å². The Labute approximate surface area is 169 Å². The molecule has 1 aliphatic carbocycles. The van der Waals surface area contributed by atoms with E-state index < -0.39 is 0 Å². The third-order valence-electron chi connectivity index (χ3n) is 6.53. The standard InChI is InChI=1S/C21H28N4O4/c1-13-7-8-27-18(13)21(26)22-16-11-28-20-17(12-29-19(16)20)25-10-15(23-24-25)9-14-5-3-2-4-6-14/h7-8,10,14,16-17,19-20H,2-6,9,11-12H2,1H3,(H,22,26)/t16-,17-,19+,20+/m0/s1. The molecule has 0 radical (unpaired) electrons. The van der Waals surface area contributed by atoms with Gasteiger partial charge >= 0.3 is 0 Å². The average Bonchev–Trinajstić information content (AvgIpc) is 3.49. The number of carbonyl (C=O) groups is 1. The van der Waals surface area contributed by atoms with Crippen molar-refractivity contribution in [2.24, 2.45) is 5.92 Å². The predicted octanol–water partition coefficient (Wildman–Crippen LogP) is 2.44. The fourth-order valence-electron chi connectivity index (χ4n) is 4.92. The van der Waals surface area contributed by atoms with Crippen molar-refractivity contribution in [2.75, 3.05) is 13.2 Å². The minimum Gasteiger partial charge on any atom is -0.459 e. The summed E-state index contributed by atoms with van der Waals surface area (Å²) in [5.74, 6) is 0.838. The highest BCUT2D eigenvalue weighted by molar-refractivity contribution is 5.93. The summed E-state index contributed by atoms with van der Waals surface area (Å²) < 4.78 is 19.2. The van der Waals surface area contributed by atoms with Gasteiger partial charge in [-0.25, -0.2) is 4.68 Å². The molecule has 3 fully saturated rings. The van der Waals surface area contributed by atoms with Crippen molar-refractivity contribution in [3.05, 3.63) is 35.5 Å². The summed E-state index contributed by atoms with van der Waals surface area (Å²) in [7, 11) is 0. The Morgan fingerprint density at radius 2 is 2.03 bits per heavy atom. The zero-order valence-corrected chi connectivity index (χ0v) is 16.8. The Morgan fingerprint density at radius 3 is 2.83 bits per heavy atom. The Balaban J connectivity index is 1.21. The first-order valence-electron chi connectivity index (χ1n) is 10.7. The molecule has 8 nitrogen and oxygen atoms in total. The van der Waals surface area contributed by atoms with Gasteiger partial charge in [-0.1, -0.05) is 37.3 Å². The first-order valence-corrected chi connectivity index (χ1v) is 10.7. The van der Waals surface area contributed by atoms with Crippen LogP contribution in [0.2, 0.25) is 0 Å². The molecule has 0 spiro atoms. The van der Waals surface area contributed by atoms with Crippen molar-refractivity contribution in [2.45, 2.75) is 69.7 Å². The largest absolute Gasteiger partial charge is 0.459 e. The van der Waals surface area contributed by atoms with Crippen molar-refractivity contribution < 1.29 is 18.7 Å². The summed E-state index contributed by atoms with van der Waals surface area (Å²) in [4.78, 5) is 12.5. The summed E-state index contributed by atoms with van der Waals surface area (Å²) in [6.45, 7) is 2.78. The van der Waals surface area contributed by atoms with E-state index in [1.54, 1.807) is 6.07 Å². The van der Waals surface area contributed by atoms with Crippen LogP contribution in [0.15, 0.2) is 22.9 Å². The number of amides is 1. The van der Waals surface area contributed by atoms with Gasteiger partial charge in [0.05, 0.1) is 31.2 Å². The van der Waals surface area contributed by atoms with E-state index in [1.807, 2.05) is 17.8 Å². The summed E-state index contributed by atoms with van der Waals surface area (Å²) in [5, 5.41) is 11.8. The number of aryl methyl sites for hydroxylation is 1. The van der Waals surface area contributed by atoms with Gasteiger partial charge in [0, 0.05) is 11.8 Å². The van der Waals surface area contributed by atoms with Crippen LogP contribution in [0.4, 0.5) is 0 Å². The SMILES string of the molecule is Cc1ccoc1C(=O)N[C@H]1CO[C@H]2[C@@H]1OC[C@@H]2n1cc(CC2CCCCC2)nn1. The minimum absolute atomic E-state index is 0.0140. The summed E-state index contributed by atoms with van der Waals surface area (Å²) in [6, 6.07) is 1.56. The van der Waals surface area contributed by atoms with Gasteiger partial charge in [-0.05, 0) is 25.3 Å². The molecule has 1 amide bonds.